The maximum atomic E-state index is 13.0. The maximum Gasteiger partial charge on any atom is 0.417 e. The molecule has 3 rings (SSSR count). The Morgan fingerprint density at radius 1 is 1.08 bits per heavy atom. The van der Waals surface area contributed by atoms with Crippen LogP contribution in [0.2, 0.25) is 5.15 Å². The van der Waals surface area contributed by atoms with Crippen molar-refractivity contribution in [1.82, 2.24) is 9.97 Å². The van der Waals surface area contributed by atoms with Gasteiger partial charge in [0.05, 0.1) is 11.3 Å². The molecule has 0 aliphatic heterocycles. The van der Waals surface area contributed by atoms with Gasteiger partial charge in [-0.1, -0.05) is 41.9 Å². The molecule has 0 bridgehead atoms. The Labute approximate surface area is 153 Å². The lowest BCUT2D eigenvalue weighted by Gasteiger charge is -2.12. The second-order valence-corrected chi connectivity index (χ2v) is 6.02. The number of hydrogen-bond donors (Lipinski definition) is 0. The highest BCUT2D eigenvalue weighted by Gasteiger charge is 2.32. The lowest BCUT2D eigenvalue weighted by molar-refractivity contribution is -0.137. The number of aromatic nitrogens is 2. The zero-order valence-corrected chi connectivity index (χ0v) is 14.5. The molecule has 1 aromatic carbocycles. The molecule has 2 heterocycles. The number of aryl methyl sites for hydroxylation is 1. The molecule has 26 heavy (non-hydrogen) atoms. The van der Waals surface area contributed by atoms with E-state index in [2.05, 4.69) is 9.97 Å². The van der Waals surface area contributed by atoms with E-state index in [1.807, 2.05) is 30.3 Å². The lowest BCUT2D eigenvalue weighted by atomic mass is 10.1. The Morgan fingerprint density at radius 3 is 2.50 bits per heavy atom. The summed E-state index contributed by atoms with van der Waals surface area (Å²) in [4.78, 5) is 7.91. The molecule has 0 radical (unpaired) electrons. The van der Waals surface area contributed by atoms with Gasteiger partial charge >= 0.3 is 6.18 Å². The van der Waals surface area contributed by atoms with Gasteiger partial charge in [-0.15, -0.1) is 0 Å². The second-order valence-electron chi connectivity index (χ2n) is 5.66. The van der Waals surface area contributed by atoms with Crippen molar-refractivity contribution in [2.45, 2.75) is 19.7 Å². The van der Waals surface area contributed by atoms with E-state index in [-0.39, 0.29) is 16.4 Å². The van der Waals surface area contributed by atoms with Crippen LogP contribution >= 0.6 is 11.6 Å². The first-order valence-electron chi connectivity index (χ1n) is 7.71. The third kappa shape index (κ3) is 4.32. The van der Waals surface area contributed by atoms with E-state index in [4.69, 9.17) is 16.3 Å². The number of benzene rings is 1. The van der Waals surface area contributed by atoms with Gasteiger partial charge in [0, 0.05) is 29.6 Å². The molecule has 0 aliphatic carbocycles. The van der Waals surface area contributed by atoms with Gasteiger partial charge in [0.2, 0.25) is 0 Å². The third-order valence-electron chi connectivity index (χ3n) is 3.62. The number of pyridine rings is 2. The predicted molar refractivity (Wildman–Crippen MR) is 93.0 cm³/mol. The van der Waals surface area contributed by atoms with Crippen molar-refractivity contribution in [2.24, 2.45) is 0 Å². The molecule has 7 heteroatoms. The summed E-state index contributed by atoms with van der Waals surface area (Å²) in [5.41, 5.74) is 1.07. The van der Waals surface area contributed by atoms with Gasteiger partial charge in [0.1, 0.15) is 17.5 Å². The van der Waals surface area contributed by atoms with Gasteiger partial charge in [0.25, 0.3) is 0 Å². The average molecular weight is 379 g/mol. The standard InChI is InChI=1S/C19H14ClF3N2O/c1-12-7-15(26-11-13-5-3-2-4-6-13)9-17(25-12)16-8-14(19(21,22)23)10-24-18(16)20/h2-10H,11H2,1H3. The summed E-state index contributed by atoms with van der Waals surface area (Å²) in [5.74, 6) is 0.491. The van der Waals surface area contributed by atoms with Crippen molar-refractivity contribution in [2.75, 3.05) is 0 Å². The molecular weight excluding hydrogens is 365 g/mol. The molecule has 0 amide bonds. The summed E-state index contributed by atoms with van der Waals surface area (Å²) >= 11 is 6.00. The van der Waals surface area contributed by atoms with Crippen LogP contribution < -0.4 is 4.74 Å². The Hall–Kier alpha value is -2.60. The van der Waals surface area contributed by atoms with Gasteiger partial charge in [0.15, 0.2) is 0 Å². The minimum Gasteiger partial charge on any atom is -0.489 e. The summed E-state index contributed by atoms with van der Waals surface area (Å²) in [6.45, 7) is 2.06. The van der Waals surface area contributed by atoms with Crippen molar-refractivity contribution in [3.8, 4) is 17.0 Å². The fourth-order valence-electron chi connectivity index (χ4n) is 2.38. The molecule has 0 atom stereocenters. The maximum absolute atomic E-state index is 13.0. The Balaban J connectivity index is 1.93. The van der Waals surface area contributed by atoms with Crippen LogP contribution in [0.3, 0.4) is 0 Å². The highest BCUT2D eigenvalue weighted by atomic mass is 35.5. The van der Waals surface area contributed by atoms with Crippen molar-refractivity contribution in [3.05, 3.63) is 76.7 Å². The molecule has 0 aliphatic rings. The summed E-state index contributed by atoms with van der Waals surface area (Å²) < 4.78 is 44.6. The highest BCUT2D eigenvalue weighted by molar-refractivity contribution is 6.32. The average Bonchev–Trinajstić information content (AvgIpc) is 2.60. The molecule has 0 N–H and O–H groups in total. The quantitative estimate of drug-likeness (QED) is 0.546. The summed E-state index contributed by atoms with van der Waals surface area (Å²) in [5, 5.41) is -0.0508. The zero-order chi connectivity index (χ0) is 18.7. The molecule has 0 unspecified atom stereocenters. The largest absolute Gasteiger partial charge is 0.489 e. The molecule has 2 aromatic heterocycles. The molecule has 134 valence electrons. The first kappa shape index (κ1) is 18.2. The van der Waals surface area contributed by atoms with Crippen LogP contribution in [0.15, 0.2) is 54.7 Å². The monoisotopic (exact) mass is 378 g/mol. The molecule has 0 saturated heterocycles. The summed E-state index contributed by atoms with van der Waals surface area (Å²) in [6, 6.07) is 13.7. The molecule has 0 fully saturated rings. The van der Waals surface area contributed by atoms with E-state index in [0.29, 0.717) is 24.2 Å². The van der Waals surface area contributed by atoms with E-state index in [1.54, 1.807) is 19.1 Å². The topological polar surface area (TPSA) is 35.0 Å². The molecule has 0 spiro atoms. The van der Waals surface area contributed by atoms with Gasteiger partial charge in [-0.25, -0.2) is 4.98 Å². The van der Waals surface area contributed by atoms with E-state index < -0.39 is 11.7 Å². The molecule has 3 nitrogen and oxygen atoms in total. The fraction of sp³-hybridized carbons (Fsp3) is 0.158. The summed E-state index contributed by atoms with van der Waals surface area (Å²) in [6.07, 6.45) is -3.81. The van der Waals surface area contributed by atoms with Crippen LogP contribution in [-0.2, 0) is 12.8 Å². The number of hydrogen-bond acceptors (Lipinski definition) is 3. The first-order valence-corrected chi connectivity index (χ1v) is 8.09. The van der Waals surface area contributed by atoms with Crippen molar-refractivity contribution < 1.29 is 17.9 Å². The van der Waals surface area contributed by atoms with E-state index >= 15 is 0 Å². The third-order valence-corrected chi connectivity index (χ3v) is 3.92. The predicted octanol–water partition coefficient (Wildman–Crippen LogP) is 5.70. The van der Waals surface area contributed by atoms with Gasteiger partial charge in [-0.05, 0) is 18.6 Å². The number of ether oxygens (including phenoxy) is 1. The normalized spacial score (nSPS) is 11.4. The molecular formula is C19H14ClF3N2O. The zero-order valence-electron chi connectivity index (χ0n) is 13.7. The fourth-order valence-corrected chi connectivity index (χ4v) is 2.58. The minimum absolute atomic E-state index is 0.0508. The number of alkyl halides is 3. The van der Waals surface area contributed by atoms with Gasteiger partial charge in [-0.2, -0.15) is 13.2 Å². The second kappa shape index (κ2) is 7.33. The van der Waals surface area contributed by atoms with Crippen LogP contribution in [0.1, 0.15) is 16.8 Å². The number of nitrogens with zero attached hydrogens (tertiary/aromatic N) is 2. The smallest absolute Gasteiger partial charge is 0.417 e. The molecule has 3 aromatic rings. The van der Waals surface area contributed by atoms with E-state index in [0.717, 1.165) is 11.6 Å². The van der Waals surface area contributed by atoms with Crippen LogP contribution in [-0.4, -0.2) is 9.97 Å². The van der Waals surface area contributed by atoms with Crippen LogP contribution in [0.5, 0.6) is 5.75 Å². The van der Waals surface area contributed by atoms with Crippen LogP contribution in [0.4, 0.5) is 13.2 Å². The SMILES string of the molecule is Cc1cc(OCc2ccccc2)cc(-c2cc(C(F)(F)F)cnc2Cl)n1. The molecule has 0 saturated carbocycles. The van der Waals surface area contributed by atoms with Gasteiger partial charge in [-0.3, -0.25) is 4.98 Å². The van der Waals surface area contributed by atoms with Gasteiger partial charge < -0.3 is 4.74 Å². The minimum atomic E-state index is -4.51. The Kier molecular flexibility index (Phi) is 5.13. The number of rotatable bonds is 4. The van der Waals surface area contributed by atoms with E-state index in [1.165, 1.54) is 0 Å². The lowest BCUT2D eigenvalue weighted by Crippen LogP contribution is -2.06. The highest BCUT2D eigenvalue weighted by Crippen LogP contribution is 2.35. The van der Waals surface area contributed by atoms with Crippen LogP contribution in [0, 0.1) is 6.92 Å². The van der Waals surface area contributed by atoms with E-state index in [9.17, 15) is 13.2 Å². The van der Waals surface area contributed by atoms with Crippen molar-refractivity contribution >= 4 is 11.6 Å². The number of halogens is 4. The Bertz CT molecular complexity index is 914. The van der Waals surface area contributed by atoms with Crippen molar-refractivity contribution in [3.63, 3.8) is 0 Å². The van der Waals surface area contributed by atoms with Crippen molar-refractivity contribution in [1.29, 1.82) is 0 Å². The first-order chi connectivity index (χ1) is 12.3. The summed E-state index contributed by atoms with van der Waals surface area (Å²) in [7, 11) is 0. The Morgan fingerprint density at radius 2 is 1.81 bits per heavy atom. The van der Waals surface area contributed by atoms with Crippen LogP contribution in [0.25, 0.3) is 11.3 Å².